The first-order chi connectivity index (χ1) is 12.7. The zero-order valence-electron chi connectivity index (χ0n) is 15.6. The minimum absolute atomic E-state index is 0.00562. The van der Waals surface area contributed by atoms with E-state index in [1.165, 1.54) is 7.11 Å². The number of carbonyl (C=O) groups excluding carboxylic acids is 2. The number of hydrogen-bond donors (Lipinski definition) is 1. The summed E-state index contributed by atoms with van der Waals surface area (Å²) in [6, 6.07) is 13.4. The molecule has 27 heavy (non-hydrogen) atoms. The first-order valence-electron chi connectivity index (χ1n) is 8.39. The lowest BCUT2D eigenvalue weighted by Crippen LogP contribution is -2.30. The van der Waals surface area contributed by atoms with Crippen molar-refractivity contribution in [3.63, 3.8) is 0 Å². The number of esters is 1. The number of amides is 1. The SMILES string of the molecule is COC(=O)C[C@H](NC(=O)c1cccc(CS(C)(=O)=O)c1)c1ccc(C)cc1. The molecule has 2 aromatic carbocycles. The Bertz CT molecular complexity index is 920. The van der Waals surface area contributed by atoms with E-state index in [2.05, 4.69) is 5.32 Å². The van der Waals surface area contributed by atoms with E-state index in [1.54, 1.807) is 24.3 Å². The lowest BCUT2D eigenvalue weighted by atomic mass is 10.0. The Balaban J connectivity index is 2.23. The third kappa shape index (κ3) is 6.53. The summed E-state index contributed by atoms with van der Waals surface area (Å²) in [7, 11) is -1.91. The highest BCUT2D eigenvalue weighted by atomic mass is 32.2. The van der Waals surface area contributed by atoms with Crippen molar-refractivity contribution in [1.82, 2.24) is 5.32 Å². The Morgan fingerprint density at radius 2 is 1.78 bits per heavy atom. The fraction of sp³-hybridized carbons (Fsp3) is 0.300. The molecule has 1 amide bonds. The summed E-state index contributed by atoms with van der Waals surface area (Å²) in [6.07, 6.45) is 1.14. The van der Waals surface area contributed by atoms with E-state index >= 15 is 0 Å². The molecule has 0 saturated heterocycles. The van der Waals surface area contributed by atoms with Crippen LogP contribution in [0.15, 0.2) is 48.5 Å². The van der Waals surface area contributed by atoms with Gasteiger partial charge >= 0.3 is 5.97 Å². The third-order valence-corrected chi connectivity index (χ3v) is 4.86. The number of ether oxygens (including phenoxy) is 1. The maximum absolute atomic E-state index is 12.7. The van der Waals surface area contributed by atoms with Crippen molar-refractivity contribution < 1.29 is 22.7 Å². The van der Waals surface area contributed by atoms with Crippen molar-refractivity contribution in [2.24, 2.45) is 0 Å². The van der Waals surface area contributed by atoms with E-state index in [9.17, 15) is 18.0 Å². The molecule has 0 bridgehead atoms. The van der Waals surface area contributed by atoms with Crippen LogP contribution < -0.4 is 5.32 Å². The number of benzene rings is 2. The van der Waals surface area contributed by atoms with Crippen LogP contribution in [0.25, 0.3) is 0 Å². The third-order valence-electron chi connectivity index (χ3n) is 4.00. The number of nitrogens with one attached hydrogen (secondary N) is 1. The quantitative estimate of drug-likeness (QED) is 0.735. The number of sulfone groups is 1. The predicted octanol–water partition coefficient (Wildman–Crippen LogP) is 2.57. The van der Waals surface area contributed by atoms with Gasteiger partial charge in [-0.3, -0.25) is 9.59 Å². The Morgan fingerprint density at radius 3 is 2.37 bits per heavy atom. The lowest BCUT2D eigenvalue weighted by Gasteiger charge is -2.19. The van der Waals surface area contributed by atoms with Crippen LogP contribution in [-0.4, -0.2) is 33.7 Å². The minimum atomic E-state index is -3.20. The molecule has 0 saturated carbocycles. The van der Waals surface area contributed by atoms with Crippen LogP contribution in [0, 0.1) is 6.92 Å². The number of hydrogen-bond acceptors (Lipinski definition) is 5. The molecule has 7 heteroatoms. The van der Waals surface area contributed by atoms with E-state index in [-0.39, 0.29) is 18.1 Å². The van der Waals surface area contributed by atoms with Gasteiger partial charge in [0.15, 0.2) is 9.84 Å². The average Bonchev–Trinajstić information content (AvgIpc) is 2.60. The molecule has 0 aromatic heterocycles. The van der Waals surface area contributed by atoms with Gasteiger partial charge < -0.3 is 10.1 Å². The Hall–Kier alpha value is -2.67. The molecule has 6 nitrogen and oxygen atoms in total. The van der Waals surface area contributed by atoms with Gasteiger partial charge in [0.25, 0.3) is 5.91 Å². The fourth-order valence-electron chi connectivity index (χ4n) is 2.65. The van der Waals surface area contributed by atoms with E-state index in [1.807, 2.05) is 31.2 Å². The molecular formula is C20H23NO5S. The van der Waals surface area contributed by atoms with Crippen LogP contribution in [-0.2, 0) is 25.1 Å². The van der Waals surface area contributed by atoms with E-state index in [0.29, 0.717) is 11.1 Å². The summed E-state index contributed by atoms with van der Waals surface area (Å²) in [4.78, 5) is 24.4. The first kappa shape index (κ1) is 20.6. The van der Waals surface area contributed by atoms with Crippen LogP contribution in [0.5, 0.6) is 0 Å². The van der Waals surface area contributed by atoms with Gasteiger partial charge in [-0.25, -0.2) is 8.42 Å². The number of aryl methyl sites for hydroxylation is 1. The fourth-order valence-corrected chi connectivity index (χ4v) is 3.43. The monoisotopic (exact) mass is 389 g/mol. The Labute approximate surface area is 159 Å². The summed E-state index contributed by atoms with van der Waals surface area (Å²) in [5.41, 5.74) is 2.71. The van der Waals surface area contributed by atoms with Gasteiger partial charge in [-0.2, -0.15) is 0 Å². The number of methoxy groups -OCH3 is 1. The van der Waals surface area contributed by atoms with Gasteiger partial charge in [0.1, 0.15) is 0 Å². The van der Waals surface area contributed by atoms with Gasteiger partial charge in [-0.15, -0.1) is 0 Å². The molecule has 1 N–H and O–H groups in total. The summed E-state index contributed by atoms with van der Waals surface area (Å²) >= 11 is 0. The normalized spacial score (nSPS) is 12.3. The second kappa shape index (κ2) is 8.81. The first-order valence-corrected chi connectivity index (χ1v) is 10.4. The molecule has 0 radical (unpaired) electrons. The van der Waals surface area contributed by atoms with Gasteiger partial charge in [0.05, 0.1) is 25.3 Å². The van der Waals surface area contributed by atoms with Gasteiger partial charge in [0, 0.05) is 11.8 Å². The molecule has 1 atom stereocenters. The second-order valence-electron chi connectivity index (χ2n) is 6.49. The molecule has 0 aliphatic rings. The topological polar surface area (TPSA) is 89.5 Å². The lowest BCUT2D eigenvalue weighted by molar-refractivity contribution is -0.141. The largest absolute Gasteiger partial charge is 0.469 e. The second-order valence-corrected chi connectivity index (χ2v) is 8.63. The standard InChI is InChI=1S/C20H23NO5S/c1-14-7-9-16(10-8-14)18(12-19(22)26-2)21-20(23)17-6-4-5-15(11-17)13-27(3,24)25/h4-11,18H,12-13H2,1-3H3,(H,21,23)/t18-/m0/s1. The van der Waals surface area contributed by atoms with Crippen molar-refractivity contribution in [2.45, 2.75) is 25.1 Å². The molecule has 2 rings (SSSR count). The highest BCUT2D eigenvalue weighted by molar-refractivity contribution is 7.89. The van der Waals surface area contributed by atoms with Gasteiger partial charge in [0.2, 0.25) is 0 Å². The zero-order valence-corrected chi connectivity index (χ0v) is 16.4. The van der Waals surface area contributed by atoms with Crippen LogP contribution in [0.4, 0.5) is 0 Å². The molecule has 0 aliphatic heterocycles. The predicted molar refractivity (Wildman–Crippen MR) is 103 cm³/mol. The molecule has 144 valence electrons. The van der Waals surface area contributed by atoms with Crippen molar-refractivity contribution >= 4 is 21.7 Å². The maximum Gasteiger partial charge on any atom is 0.307 e. The van der Waals surface area contributed by atoms with E-state index in [4.69, 9.17) is 4.74 Å². The van der Waals surface area contributed by atoms with Crippen molar-refractivity contribution in [3.8, 4) is 0 Å². The Kier molecular flexibility index (Phi) is 6.74. The summed E-state index contributed by atoms with van der Waals surface area (Å²) in [5.74, 6) is -0.968. The van der Waals surface area contributed by atoms with Crippen LogP contribution >= 0.6 is 0 Å². The highest BCUT2D eigenvalue weighted by Gasteiger charge is 2.20. The molecule has 0 unspecified atom stereocenters. The van der Waals surface area contributed by atoms with Crippen molar-refractivity contribution in [1.29, 1.82) is 0 Å². The average molecular weight is 389 g/mol. The van der Waals surface area contributed by atoms with Crippen LogP contribution in [0.3, 0.4) is 0 Å². The van der Waals surface area contributed by atoms with E-state index in [0.717, 1.165) is 17.4 Å². The molecule has 2 aromatic rings. The molecule has 0 aliphatic carbocycles. The highest BCUT2D eigenvalue weighted by Crippen LogP contribution is 2.19. The minimum Gasteiger partial charge on any atom is -0.469 e. The summed E-state index contributed by atoms with van der Waals surface area (Å²) in [5, 5.41) is 2.84. The molecular weight excluding hydrogens is 366 g/mol. The van der Waals surface area contributed by atoms with Crippen LogP contribution in [0.2, 0.25) is 0 Å². The number of carbonyl (C=O) groups is 2. The molecule has 0 fully saturated rings. The smallest absolute Gasteiger partial charge is 0.307 e. The zero-order chi connectivity index (χ0) is 20.0. The molecule has 0 heterocycles. The maximum atomic E-state index is 12.7. The van der Waals surface area contributed by atoms with Gasteiger partial charge in [-0.05, 0) is 30.2 Å². The van der Waals surface area contributed by atoms with Crippen molar-refractivity contribution in [3.05, 3.63) is 70.8 Å². The van der Waals surface area contributed by atoms with E-state index < -0.39 is 21.8 Å². The number of rotatable bonds is 7. The Morgan fingerprint density at radius 1 is 1.11 bits per heavy atom. The van der Waals surface area contributed by atoms with Crippen LogP contribution in [0.1, 0.15) is 39.5 Å². The molecule has 0 spiro atoms. The summed E-state index contributed by atoms with van der Waals surface area (Å²) < 4.78 is 27.7. The van der Waals surface area contributed by atoms with Crippen molar-refractivity contribution in [2.75, 3.05) is 13.4 Å². The van der Waals surface area contributed by atoms with Gasteiger partial charge in [-0.1, -0.05) is 42.0 Å². The summed E-state index contributed by atoms with van der Waals surface area (Å²) in [6.45, 7) is 1.95.